The monoisotopic (exact) mass is 405 g/mol. The molecule has 0 spiro atoms. The van der Waals surface area contributed by atoms with Gasteiger partial charge in [0.25, 0.3) is 5.91 Å². The Morgan fingerprint density at radius 3 is 2.38 bits per heavy atom. The molecule has 3 aromatic rings. The van der Waals surface area contributed by atoms with Gasteiger partial charge in [-0.3, -0.25) is 4.79 Å². The first-order valence-corrected chi connectivity index (χ1v) is 10.3. The maximum absolute atomic E-state index is 12.8. The van der Waals surface area contributed by atoms with Crippen molar-refractivity contribution >= 4 is 15.9 Å². The summed E-state index contributed by atoms with van der Waals surface area (Å²) in [4.78, 5) is 12.8. The van der Waals surface area contributed by atoms with E-state index in [9.17, 15) is 13.2 Å². The summed E-state index contributed by atoms with van der Waals surface area (Å²) in [6, 6.07) is 20.9. The summed E-state index contributed by atoms with van der Waals surface area (Å²) in [7, 11) is -3.80. The van der Waals surface area contributed by atoms with Crippen LogP contribution in [-0.2, 0) is 16.6 Å². The van der Waals surface area contributed by atoms with E-state index in [1.165, 1.54) is 6.07 Å². The number of carbonyl (C=O) groups is 1. The van der Waals surface area contributed by atoms with Gasteiger partial charge in [-0.25, -0.2) is 13.6 Å². The molecule has 0 unspecified atom stereocenters. The number of amides is 1. The van der Waals surface area contributed by atoms with Crippen molar-refractivity contribution in [2.24, 2.45) is 5.14 Å². The highest BCUT2D eigenvalue weighted by Gasteiger charge is 2.16. The zero-order valence-electron chi connectivity index (χ0n) is 15.7. The molecule has 146 valence electrons. The highest BCUT2D eigenvalue weighted by molar-refractivity contribution is 7.89. The van der Waals surface area contributed by atoms with Crippen LogP contribution < -0.4 is 10.5 Å². The smallest absolute Gasteiger partial charge is 0.252 e. The zero-order chi connectivity index (χ0) is 21.0. The second-order valence-corrected chi connectivity index (χ2v) is 8.09. The van der Waals surface area contributed by atoms with Crippen LogP contribution in [0, 0.1) is 18.3 Å². The van der Waals surface area contributed by atoms with E-state index in [4.69, 9.17) is 10.4 Å². The minimum atomic E-state index is -3.80. The molecule has 0 saturated heterocycles. The predicted molar refractivity (Wildman–Crippen MR) is 110 cm³/mol. The molecule has 0 radical (unpaired) electrons. The Balaban J connectivity index is 1.85. The lowest BCUT2D eigenvalue weighted by Gasteiger charge is -2.12. The topological polar surface area (TPSA) is 113 Å². The van der Waals surface area contributed by atoms with Gasteiger partial charge in [0.2, 0.25) is 10.0 Å². The zero-order valence-corrected chi connectivity index (χ0v) is 16.5. The molecule has 29 heavy (non-hydrogen) atoms. The Bertz CT molecular complexity index is 1210. The van der Waals surface area contributed by atoms with Crippen molar-refractivity contribution in [1.82, 2.24) is 5.32 Å². The van der Waals surface area contributed by atoms with Gasteiger partial charge < -0.3 is 5.32 Å². The molecule has 3 aromatic carbocycles. The lowest BCUT2D eigenvalue weighted by molar-refractivity contribution is 0.0951. The molecular weight excluding hydrogens is 386 g/mol. The Hall–Kier alpha value is -3.47. The van der Waals surface area contributed by atoms with Crippen LogP contribution in [0.2, 0.25) is 0 Å². The van der Waals surface area contributed by atoms with Crippen LogP contribution in [0.4, 0.5) is 0 Å². The quantitative estimate of drug-likeness (QED) is 0.679. The van der Waals surface area contributed by atoms with Crippen LogP contribution in [0.1, 0.15) is 27.0 Å². The first kappa shape index (κ1) is 20.3. The van der Waals surface area contributed by atoms with Gasteiger partial charge in [0.1, 0.15) is 0 Å². The standard InChI is InChI=1S/C22H19N3O3S/c1-15-12-18(10-11-21(15)29(24,27)28)19-4-2-3-5-20(19)22(26)25-14-17-8-6-16(13-23)7-9-17/h2-12H,14H2,1H3,(H,25,26)(H2,24,27,28). The highest BCUT2D eigenvalue weighted by atomic mass is 32.2. The molecule has 3 rings (SSSR count). The van der Waals surface area contributed by atoms with E-state index in [1.807, 2.05) is 12.1 Å². The summed E-state index contributed by atoms with van der Waals surface area (Å²) in [5, 5.41) is 17.0. The number of sulfonamides is 1. The summed E-state index contributed by atoms with van der Waals surface area (Å²) < 4.78 is 23.3. The number of nitrogens with two attached hydrogens (primary N) is 1. The maximum atomic E-state index is 12.8. The first-order valence-electron chi connectivity index (χ1n) is 8.79. The summed E-state index contributed by atoms with van der Waals surface area (Å²) in [5.41, 5.74) is 3.83. The summed E-state index contributed by atoms with van der Waals surface area (Å²) in [6.45, 7) is 1.99. The number of hydrogen-bond acceptors (Lipinski definition) is 4. The molecular formula is C22H19N3O3S. The van der Waals surface area contributed by atoms with Gasteiger partial charge in [-0.05, 0) is 53.4 Å². The fourth-order valence-electron chi connectivity index (χ4n) is 3.04. The van der Waals surface area contributed by atoms with Crippen molar-refractivity contribution in [2.75, 3.05) is 0 Å². The van der Waals surface area contributed by atoms with Crippen molar-refractivity contribution in [3.63, 3.8) is 0 Å². The van der Waals surface area contributed by atoms with Gasteiger partial charge in [-0.15, -0.1) is 0 Å². The largest absolute Gasteiger partial charge is 0.348 e. The fraction of sp³-hybridized carbons (Fsp3) is 0.0909. The third kappa shape index (κ3) is 4.69. The summed E-state index contributed by atoms with van der Waals surface area (Å²) in [6.07, 6.45) is 0. The molecule has 1 amide bonds. The molecule has 0 aliphatic heterocycles. The van der Waals surface area contributed by atoms with Crippen LogP contribution in [0.5, 0.6) is 0 Å². The predicted octanol–water partition coefficient (Wildman–Crippen LogP) is 3.11. The molecule has 0 atom stereocenters. The number of primary sulfonamides is 1. The lowest BCUT2D eigenvalue weighted by atomic mass is 9.98. The number of nitrogens with one attached hydrogen (secondary N) is 1. The van der Waals surface area contributed by atoms with E-state index in [1.54, 1.807) is 55.5 Å². The minimum absolute atomic E-state index is 0.0593. The fourth-order valence-corrected chi connectivity index (χ4v) is 3.81. The first-order chi connectivity index (χ1) is 13.8. The van der Waals surface area contributed by atoms with Crippen molar-refractivity contribution in [2.45, 2.75) is 18.4 Å². The molecule has 0 aromatic heterocycles. The average Bonchev–Trinajstić information content (AvgIpc) is 2.71. The second kappa shape index (κ2) is 8.27. The number of hydrogen-bond donors (Lipinski definition) is 2. The van der Waals surface area contributed by atoms with E-state index < -0.39 is 10.0 Å². The van der Waals surface area contributed by atoms with Crippen LogP contribution in [0.3, 0.4) is 0 Å². The molecule has 0 saturated carbocycles. The van der Waals surface area contributed by atoms with Gasteiger partial charge in [0, 0.05) is 12.1 Å². The van der Waals surface area contributed by atoms with E-state index in [0.717, 1.165) is 11.1 Å². The van der Waals surface area contributed by atoms with Gasteiger partial charge >= 0.3 is 0 Å². The molecule has 0 heterocycles. The Morgan fingerprint density at radius 2 is 1.76 bits per heavy atom. The average molecular weight is 405 g/mol. The van der Waals surface area contributed by atoms with Crippen LogP contribution in [0.25, 0.3) is 11.1 Å². The van der Waals surface area contributed by atoms with E-state index in [0.29, 0.717) is 28.8 Å². The maximum Gasteiger partial charge on any atom is 0.252 e. The summed E-state index contributed by atoms with van der Waals surface area (Å²) >= 11 is 0. The number of carbonyl (C=O) groups excluding carboxylic acids is 1. The molecule has 0 fully saturated rings. The van der Waals surface area contributed by atoms with Gasteiger partial charge in [0.15, 0.2) is 0 Å². The van der Waals surface area contributed by atoms with Crippen LogP contribution >= 0.6 is 0 Å². The number of aryl methyl sites for hydroxylation is 1. The van der Waals surface area contributed by atoms with Crippen molar-refractivity contribution in [1.29, 1.82) is 5.26 Å². The number of nitrogens with zero attached hydrogens (tertiary/aromatic N) is 1. The van der Waals surface area contributed by atoms with Crippen molar-refractivity contribution in [3.8, 4) is 17.2 Å². The van der Waals surface area contributed by atoms with Crippen LogP contribution in [-0.4, -0.2) is 14.3 Å². The van der Waals surface area contributed by atoms with Crippen molar-refractivity contribution < 1.29 is 13.2 Å². The molecule has 6 nitrogen and oxygen atoms in total. The molecule has 3 N–H and O–H groups in total. The highest BCUT2D eigenvalue weighted by Crippen LogP contribution is 2.27. The number of rotatable bonds is 5. The SMILES string of the molecule is Cc1cc(-c2ccccc2C(=O)NCc2ccc(C#N)cc2)ccc1S(N)(=O)=O. The van der Waals surface area contributed by atoms with Crippen LogP contribution in [0.15, 0.2) is 71.6 Å². The molecule has 0 bridgehead atoms. The lowest BCUT2D eigenvalue weighted by Crippen LogP contribution is -2.23. The Morgan fingerprint density at radius 1 is 1.07 bits per heavy atom. The number of benzene rings is 3. The number of nitriles is 1. The summed E-state index contributed by atoms with van der Waals surface area (Å²) in [5.74, 6) is -0.252. The van der Waals surface area contributed by atoms with E-state index in [2.05, 4.69) is 11.4 Å². The third-order valence-electron chi connectivity index (χ3n) is 4.50. The molecule has 0 aliphatic carbocycles. The molecule has 7 heteroatoms. The van der Waals surface area contributed by atoms with E-state index >= 15 is 0 Å². The van der Waals surface area contributed by atoms with Gasteiger partial charge in [0.05, 0.1) is 16.5 Å². The normalized spacial score (nSPS) is 10.9. The Kier molecular flexibility index (Phi) is 5.78. The van der Waals surface area contributed by atoms with E-state index in [-0.39, 0.29) is 10.8 Å². The Labute approximate surface area is 169 Å². The minimum Gasteiger partial charge on any atom is -0.348 e. The van der Waals surface area contributed by atoms with Gasteiger partial charge in [-0.2, -0.15) is 5.26 Å². The van der Waals surface area contributed by atoms with Gasteiger partial charge in [-0.1, -0.05) is 42.5 Å². The third-order valence-corrected chi connectivity index (χ3v) is 5.57. The second-order valence-electron chi connectivity index (χ2n) is 6.56. The molecule has 0 aliphatic rings. The van der Waals surface area contributed by atoms with Crippen molar-refractivity contribution in [3.05, 3.63) is 89.0 Å².